The van der Waals surface area contributed by atoms with Crippen LogP contribution in [0.3, 0.4) is 0 Å². The minimum atomic E-state index is -4.93. The van der Waals surface area contributed by atoms with E-state index in [9.17, 15) is 32.9 Å². The highest BCUT2D eigenvalue weighted by Crippen LogP contribution is 2.37. The Labute approximate surface area is 137 Å². The summed E-state index contributed by atoms with van der Waals surface area (Å²) in [6, 6.07) is 4.53. The summed E-state index contributed by atoms with van der Waals surface area (Å²) in [5, 5.41) is 12.5. The van der Waals surface area contributed by atoms with Crippen molar-refractivity contribution < 1.29 is 36.8 Å². The Morgan fingerprint density at radius 2 is 2.00 bits per heavy atom. The topological polar surface area (TPSA) is 112 Å². The van der Waals surface area contributed by atoms with Crippen molar-refractivity contribution in [3.8, 4) is 0 Å². The van der Waals surface area contributed by atoms with E-state index in [2.05, 4.69) is 4.74 Å². The van der Waals surface area contributed by atoms with Crippen molar-refractivity contribution in [3.63, 3.8) is 0 Å². The van der Waals surface area contributed by atoms with Gasteiger partial charge in [-0.25, -0.2) is 4.79 Å². The zero-order chi connectivity index (χ0) is 18.6. The molecule has 2 aromatic rings. The van der Waals surface area contributed by atoms with Gasteiger partial charge in [0, 0.05) is 12.1 Å². The van der Waals surface area contributed by atoms with Gasteiger partial charge in [-0.05, 0) is 18.2 Å². The number of ether oxygens (including phenoxy) is 1. The summed E-state index contributed by atoms with van der Waals surface area (Å²) in [6.45, 7) is -0.867. The van der Waals surface area contributed by atoms with Crippen LogP contribution in [0.25, 0.3) is 0 Å². The zero-order valence-corrected chi connectivity index (χ0v) is 12.2. The molecule has 0 unspecified atom stereocenters. The van der Waals surface area contributed by atoms with E-state index in [0.29, 0.717) is 6.07 Å². The highest BCUT2D eigenvalue weighted by atomic mass is 19.4. The molecule has 25 heavy (non-hydrogen) atoms. The van der Waals surface area contributed by atoms with Crippen molar-refractivity contribution in [2.75, 3.05) is 11.9 Å². The molecule has 0 saturated carbocycles. The van der Waals surface area contributed by atoms with Crippen LogP contribution >= 0.6 is 0 Å². The summed E-state index contributed by atoms with van der Waals surface area (Å²) >= 11 is 0. The van der Waals surface area contributed by atoms with Crippen LogP contribution in [-0.4, -0.2) is 23.4 Å². The summed E-state index contributed by atoms with van der Waals surface area (Å²) < 4.78 is 48.2. The molecular weight excluding hydrogens is 349 g/mol. The fourth-order valence-electron chi connectivity index (χ4n) is 1.77. The van der Waals surface area contributed by atoms with Crippen LogP contribution < -0.4 is 5.32 Å². The lowest BCUT2D eigenvalue weighted by molar-refractivity contribution is -0.385. The highest BCUT2D eigenvalue weighted by Gasteiger charge is 2.35. The minimum absolute atomic E-state index is 0.181. The van der Waals surface area contributed by atoms with E-state index >= 15 is 0 Å². The van der Waals surface area contributed by atoms with Gasteiger partial charge in [0.25, 0.3) is 11.6 Å². The monoisotopic (exact) mass is 358 g/mol. The van der Waals surface area contributed by atoms with E-state index in [1.807, 2.05) is 5.32 Å². The number of hydrogen-bond acceptors (Lipinski definition) is 6. The molecule has 0 aliphatic heterocycles. The lowest BCUT2D eigenvalue weighted by Crippen LogP contribution is -2.22. The Balaban J connectivity index is 2.09. The van der Waals surface area contributed by atoms with Crippen LogP contribution in [0, 0.1) is 10.1 Å². The Morgan fingerprint density at radius 3 is 2.56 bits per heavy atom. The first-order chi connectivity index (χ1) is 11.7. The molecular formula is C14H9F3N2O6. The van der Waals surface area contributed by atoms with Crippen molar-refractivity contribution in [2.24, 2.45) is 0 Å². The van der Waals surface area contributed by atoms with E-state index in [-0.39, 0.29) is 5.76 Å². The number of carbonyl (C=O) groups excluding carboxylic acids is 2. The van der Waals surface area contributed by atoms with Crippen LogP contribution in [0.15, 0.2) is 41.0 Å². The molecule has 0 radical (unpaired) electrons. The van der Waals surface area contributed by atoms with E-state index in [0.717, 1.165) is 12.1 Å². The Morgan fingerprint density at radius 1 is 1.28 bits per heavy atom. The van der Waals surface area contributed by atoms with Crippen molar-refractivity contribution in [2.45, 2.75) is 6.18 Å². The van der Waals surface area contributed by atoms with Crippen molar-refractivity contribution in [1.29, 1.82) is 0 Å². The zero-order valence-electron chi connectivity index (χ0n) is 12.2. The fourth-order valence-corrected chi connectivity index (χ4v) is 1.77. The first-order valence-corrected chi connectivity index (χ1v) is 6.54. The Bertz CT molecular complexity index is 801. The van der Waals surface area contributed by atoms with E-state index in [4.69, 9.17) is 4.42 Å². The molecule has 2 rings (SSSR count). The molecule has 0 aliphatic rings. The van der Waals surface area contributed by atoms with Gasteiger partial charge in [0.1, 0.15) is 0 Å². The third kappa shape index (κ3) is 4.56. The molecule has 132 valence electrons. The number of nitrogens with one attached hydrogen (secondary N) is 1. The van der Waals surface area contributed by atoms with Crippen LogP contribution in [-0.2, 0) is 15.7 Å². The number of nitro groups is 1. The number of rotatable bonds is 5. The third-order valence-corrected chi connectivity index (χ3v) is 2.85. The molecule has 11 heteroatoms. The summed E-state index contributed by atoms with van der Waals surface area (Å²) in [5.74, 6) is -2.21. The average Bonchev–Trinajstić information content (AvgIpc) is 3.06. The van der Waals surface area contributed by atoms with E-state index in [1.165, 1.54) is 18.4 Å². The molecule has 1 N–H and O–H groups in total. The summed E-state index contributed by atoms with van der Waals surface area (Å²) in [5.41, 5.74) is -2.88. The maximum Gasteiger partial charge on any atom is 0.418 e. The number of nitro benzene ring substituents is 1. The predicted molar refractivity (Wildman–Crippen MR) is 75.7 cm³/mol. The van der Waals surface area contributed by atoms with Crippen LogP contribution in [0.4, 0.5) is 24.5 Å². The molecule has 1 amide bonds. The number of non-ortho nitro benzene ring substituents is 1. The number of nitrogens with zero attached hydrogens (tertiary/aromatic N) is 1. The number of furan rings is 1. The van der Waals surface area contributed by atoms with E-state index < -0.39 is 46.5 Å². The number of alkyl halides is 3. The van der Waals surface area contributed by atoms with Crippen LogP contribution in [0.5, 0.6) is 0 Å². The molecule has 0 aliphatic carbocycles. The second kappa shape index (κ2) is 7.03. The largest absolute Gasteiger partial charge is 0.457 e. The number of halogens is 3. The maximum absolute atomic E-state index is 13.0. The Hall–Kier alpha value is -3.37. The molecule has 0 spiro atoms. The third-order valence-electron chi connectivity index (χ3n) is 2.85. The standard InChI is InChI=1S/C14H9F3N2O6/c15-14(16,17)9-6-8(19(22)23)3-4-10(9)18-12(20)7-25-13(21)11-2-1-5-24-11/h1-6H,7H2,(H,18,20). The molecule has 1 aromatic carbocycles. The first kappa shape index (κ1) is 18.0. The molecule has 1 heterocycles. The number of benzene rings is 1. The van der Waals surface area contributed by atoms with Crippen LogP contribution in [0.1, 0.15) is 16.1 Å². The normalized spacial score (nSPS) is 11.0. The van der Waals surface area contributed by atoms with Gasteiger partial charge in [-0.2, -0.15) is 13.2 Å². The number of amides is 1. The van der Waals surface area contributed by atoms with Gasteiger partial charge in [-0.15, -0.1) is 0 Å². The smallest absolute Gasteiger partial charge is 0.418 e. The van der Waals surface area contributed by atoms with Gasteiger partial charge >= 0.3 is 12.1 Å². The van der Waals surface area contributed by atoms with Gasteiger partial charge < -0.3 is 14.5 Å². The van der Waals surface area contributed by atoms with Crippen molar-refractivity contribution in [1.82, 2.24) is 0 Å². The van der Waals surface area contributed by atoms with Gasteiger partial charge in [0.15, 0.2) is 6.61 Å². The van der Waals surface area contributed by atoms with E-state index in [1.54, 1.807) is 0 Å². The summed E-state index contributed by atoms with van der Waals surface area (Å²) in [7, 11) is 0. The molecule has 1 aromatic heterocycles. The summed E-state index contributed by atoms with van der Waals surface area (Å²) in [6.07, 6.45) is -3.73. The average molecular weight is 358 g/mol. The quantitative estimate of drug-likeness (QED) is 0.500. The van der Waals surface area contributed by atoms with Crippen molar-refractivity contribution >= 4 is 23.3 Å². The van der Waals surface area contributed by atoms with Gasteiger partial charge in [0.05, 0.1) is 22.4 Å². The molecule has 0 bridgehead atoms. The molecule has 8 nitrogen and oxygen atoms in total. The fraction of sp³-hybridized carbons (Fsp3) is 0.143. The lowest BCUT2D eigenvalue weighted by Gasteiger charge is -2.13. The number of esters is 1. The maximum atomic E-state index is 13.0. The van der Waals surface area contributed by atoms with Crippen molar-refractivity contribution in [3.05, 3.63) is 58.0 Å². The van der Waals surface area contributed by atoms with Gasteiger partial charge in [0.2, 0.25) is 5.76 Å². The number of anilines is 1. The first-order valence-electron chi connectivity index (χ1n) is 6.54. The number of carbonyl (C=O) groups is 2. The van der Waals surface area contributed by atoms with Gasteiger partial charge in [-0.1, -0.05) is 0 Å². The predicted octanol–water partition coefficient (Wildman–Crippen LogP) is 3.00. The highest BCUT2D eigenvalue weighted by molar-refractivity contribution is 5.95. The molecule has 0 atom stereocenters. The molecule has 0 saturated heterocycles. The molecule has 0 fully saturated rings. The van der Waals surface area contributed by atoms with Gasteiger partial charge in [-0.3, -0.25) is 14.9 Å². The summed E-state index contributed by atoms with van der Waals surface area (Å²) in [4.78, 5) is 32.7. The number of hydrogen-bond donors (Lipinski definition) is 1. The minimum Gasteiger partial charge on any atom is -0.457 e. The second-order valence-electron chi connectivity index (χ2n) is 4.59. The SMILES string of the molecule is O=C(COC(=O)c1ccco1)Nc1ccc([N+](=O)[O-])cc1C(F)(F)F. The lowest BCUT2D eigenvalue weighted by atomic mass is 10.1. The second-order valence-corrected chi connectivity index (χ2v) is 4.59. The van der Waals surface area contributed by atoms with Crippen LogP contribution in [0.2, 0.25) is 0 Å². The Kier molecular flexibility index (Phi) is 5.05.